The molecule has 4 heteroatoms. The van der Waals surface area contributed by atoms with Crippen LogP contribution in [0.15, 0.2) is 97.1 Å². The van der Waals surface area contributed by atoms with E-state index < -0.39 is 5.97 Å². The molecule has 0 fully saturated rings. The quantitative estimate of drug-likeness (QED) is 0.354. The summed E-state index contributed by atoms with van der Waals surface area (Å²) in [5, 5.41) is 8.93. The molecule has 0 atom stereocenters. The van der Waals surface area contributed by atoms with E-state index in [1.807, 2.05) is 68.4 Å². The van der Waals surface area contributed by atoms with Gasteiger partial charge in [-0.05, 0) is 44.0 Å². The first-order chi connectivity index (χ1) is 16.3. The minimum Gasteiger partial charge on any atom is -0.478 e. The maximum Gasteiger partial charge on any atom is 0.335 e. The first-order valence-corrected chi connectivity index (χ1v) is 10.9. The number of carboxylic acids is 1. The molecule has 1 N–H and O–H groups in total. The molecule has 0 bridgehead atoms. The zero-order valence-electron chi connectivity index (χ0n) is 19.4. The van der Waals surface area contributed by atoms with Gasteiger partial charge in [-0.3, -0.25) is 9.59 Å². The van der Waals surface area contributed by atoms with Crippen molar-refractivity contribution >= 4 is 17.5 Å². The van der Waals surface area contributed by atoms with Crippen LogP contribution in [0.5, 0.6) is 0 Å². The summed E-state index contributed by atoms with van der Waals surface area (Å²) in [6.07, 6.45) is 0. The molecule has 4 aromatic rings. The summed E-state index contributed by atoms with van der Waals surface area (Å²) in [6.45, 7) is 5.69. The Bertz CT molecular complexity index is 1320. The number of rotatable bonds is 5. The number of carboxylic acid groups (broad SMARTS) is 1. The largest absolute Gasteiger partial charge is 0.478 e. The molecular weight excluding hydrogens is 424 g/mol. The monoisotopic (exact) mass is 450 g/mol. The number of aryl methyl sites for hydroxylation is 3. The van der Waals surface area contributed by atoms with E-state index in [0.717, 1.165) is 16.7 Å². The van der Waals surface area contributed by atoms with Crippen molar-refractivity contribution in [3.05, 3.63) is 142 Å². The molecule has 4 rings (SSSR count). The third kappa shape index (κ3) is 5.93. The van der Waals surface area contributed by atoms with Crippen molar-refractivity contribution in [3.8, 4) is 0 Å². The van der Waals surface area contributed by atoms with Gasteiger partial charge in [0.05, 0.1) is 5.56 Å². The standard InChI is InChI=1S/C15H12O3.C15H14O/c1-10-9-12(7-8-13(10)15(17)18)14(16)11-5-3-2-4-6-11;1-11-8-9-14(12(2)10-11)15(16)13-6-4-3-5-7-13/h2-9H,1H3,(H,17,18);3-10H,1-2H3. The Morgan fingerprint density at radius 3 is 1.53 bits per heavy atom. The highest BCUT2D eigenvalue weighted by Gasteiger charge is 2.13. The molecule has 0 saturated carbocycles. The van der Waals surface area contributed by atoms with Crippen LogP contribution in [-0.2, 0) is 0 Å². The summed E-state index contributed by atoms with van der Waals surface area (Å²) >= 11 is 0. The van der Waals surface area contributed by atoms with Gasteiger partial charge in [-0.15, -0.1) is 0 Å². The highest BCUT2D eigenvalue weighted by molar-refractivity contribution is 6.10. The van der Waals surface area contributed by atoms with Crippen LogP contribution in [0, 0.1) is 20.8 Å². The normalized spacial score (nSPS) is 10.1. The minimum atomic E-state index is -0.980. The van der Waals surface area contributed by atoms with Gasteiger partial charge < -0.3 is 5.11 Å². The number of aromatic carboxylic acids is 1. The van der Waals surface area contributed by atoms with E-state index in [1.165, 1.54) is 11.6 Å². The van der Waals surface area contributed by atoms with Crippen LogP contribution in [0.25, 0.3) is 0 Å². The van der Waals surface area contributed by atoms with Gasteiger partial charge in [0, 0.05) is 22.3 Å². The van der Waals surface area contributed by atoms with Crippen LogP contribution < -0.4 is 0 Å². The Morgan fingerprint density at radius 1 is 0.529 bits per heavy atom. The molecule has 0 heterocycles. The first kappa shape index (κ1) is 24.3. The van der Waals surface area contributed by atoms with Gasteiger partial charge in [0.2, 0.25) is 0 Å². The predicted molar refractivity (Wildman–Crippen MR) is 134 cm³/mol. The van der Waals surface area contributed by atoms with Gasteiger partial charge in [0.15, 0.2) is 11.6 Å². The number of ketones is 2. The molecule has 0 saturated heterocycles. The SMILES string of the molecule is Cc1cc(C(=O)c2ccccc2)ccc1C(=O)O.Cc1ccc(C(=O)c2ccccc2)c(C)c1. The maximum atomic E-state index is 12.2. The van der Waals surface area contributed by atoms with Crippen LogP contribution >= 0.6 is 0 Å². The number of hydrogen-bond acceptors (Lipinski definition) is 3. The van der Waals surface area contributed by atoms with Gasteiger partial charge in [0.1, 0.15) is 0 Å². The Hall–Kier alpha value is -4.31. The van der Waals surface area contributed by atoms with Gasteiger partial charge in [-0.25, -0.2) is 4.79 Å². The average molecular weight is 451 g/mol. The summed E-state index contributed by atoms with van der Waals surface area (Å²) < 4.78 is 0. The number of carbonyl (C=O) groups is 3. The summed E-state index contributed by atoms with van der Waals surface area (Å²) in [7, 11) is 0. The molecular formula is C30H26O4. The van der Waals surface area contributed by atoms with Crippen LogP contribution in [0.1, 0.15) is 58.9 Å². The van der Waals surface area contributed by atoms with E-state index in [-0.39, 0.29) is 17.1 Å². The van der Waals surface area contributed by atoms with Crippen molar-refractivity contribution in [1.29, 1.82) is 0 Å². The van der Waals surface area contributed by atoms with Crippen molar-refractivity contribution < 1.29 is 19.5 Å². The Labute approximate surface area is 199 Å². The summed E-state index contributed by atoms with van der Waals surface area (Å²) in [5.74, 6) is -0.986. The summed E-state index contributed by atoms with van der Waals surface area (Å²) in [4.78, 5) is 35.2. The molecule has 0 aromatic heterocycles. The summed E-state index contributed by atoms with van der Waals surface area (Å²) in [5.41, 5.74) is 5.66. The average Bonchev–Trinajstić information content (AvgIpc) is 2.84. The summed E-state index contributed by atoms with van der Waals surface area (Å²) in [6, 6.07) is 28.8. The van der Waals surface area contributed by atoms with Crippen LogP contribution in [0.3, 0.4) is 0 Å². The van der Waals surface area contributed by atoms with Crippen molar-refractivity contribution in [2.24, 2.45) is 0 Å². The molecule has 4 nitrogen and oxygen atoms in total. The number of benzene rings is 4. The highest BCUT2D eigenvalue weighted by atomic mass is 16.4. The number of hydrogen-bond donors (Lipinski definition) is 1. The van der Waals surface area contributed by atoms with E-state index in [2.05, 4.69) is 0 Å². The minimum absolute atomic E-state index is 0.0955. The molecule has 170 valence electrons. The smallest absolute Gasteiger partial charge is 0.335 e. The third-order valence-electron chi connectivity index (χ3n) is 5.42. The van der Waals surface area contributed by atoms with Crippen molar-refractivity contribution in [2.45, 2.75) is 20.8 Å². The fourth-order valence-corrected chi connectivity index (χ4v) is 3.61. The Morgan fingerprint density at radius 2 is 1.03 bits per heavy atom. The van der Waals surface area contributed by atoms with E-state index in [9.17, 15) is 14.4 Å². The third-order valence-corrected chi connectivity index (χ3v) is 5.42. The van der Waals surface area contributed by atoms with Gasteiger partial charge in [-0.1, -0.05) is 90.5 Å². The van der Waals surface area contributed by atoms with Crippen LogP contribution in [0.4, 0.5) is 0 Å². The lowest BCUT2D eigenvalue weighted by Gasteiger charge is -2.05. The fourth-order valence-electron chi connectivity index (χ4n) is 3.61. The van der Waals surface area contributed by atoms with Crippen LogP contribution in [-0.4, -0.2) is 22.6 Å². The van der Waals surface area contributed by atoms with Gasteiger partial charge in [0.25, 0.3) is 0 Å². The molecule has 0 spiro atoms. The second kappa shape index (κ2) is 11.0. The lowest BCUT2D eigenvalue weighted by molar-refractivity contribution is 0.0695. The van der Waals surface area contributed by atoms with E-state index in [0.29, 0.717) is 16.7 Å². The lowest BCUT2D eigenvalue weighted by Crippen LogP contribution is -2.05. The molecule has 4 aromatic carbocycles. The zero-order valence-corrected chi connectivity index (χ0v) is 19.4. The zero-order chi connectivity index (χ0) is 24.7. The predicted octanol–water partition coefficient (Wildman–Crippen LogP) is 6.46. The molecule has 0 amide bonds. The Kier molecular flexibility index (Phi) is 7.88. The van der Waals surface area contributed by atoms with E-state index in [1.54, 1.807) is 43.3 Å². The van der Waals surface area contributed by atoms with Crippen molar-refractivity contribution in [3.63, 3.8) is 0 Å². The Balaban J connectivity index is 0.000000192. The first-order valence-electron chi connectivity index (χ1n) is 10.9. The molecule has 0 aliphatic heterocycles. The topological polar surface area (TPSA) is 71.4 Å². The second-order valence-corrected chi connectivity index (χ2v) is 8.04. The molecule has 0 unspecified atom stereocenters. The van der Waals surface area contributed by atoms with Crippen molar-refractivity contribution in [2.75, 3.05) is 0 Å². The number of carbonyl (C=O) groups excluding carboxylic acids is 2. The molecule has 0 aliphatic carbocycles. The van der Waals surface area contributed by atoms with Crippen molar-refractivity contribution in [1.82, 2.24) is 0 Å². The van der Waals surface area contributed by atoms with Gasteiger partial charge >= 0.3 is 5.97 Å². The fraction of sp³-hybridized carbons (Fsp3) is 0.100. The molecule has 34 heavy (non-hydrogen) atoms. The van der Waals surface area contributed by atoms with E-state index >= 15 is 0 Å². The van der Waals surface area contributed by atoms with E-state index in [4.69, 9.17) is 5.11 Å². The highest BCUT2D eigenvalue weighted by Crippen LogP contribution is 2.16. The van der Waals surface area contributed by atoms with Gasteiger partial charge in [-0.2, -0.15) is 0 Å². The lowest BCUT2D eigenvalue weighted by atomic mass is 9.98. The van der Waals surface area contributed by atoms with Crippen LogP contribution in [0.2, 0.25) is 0 Å². The second-order valence-electron chi connectivity index (χ2n) is 8.04. The molecule has 0 radical (unpaired) electrons. The maximum absolute atomic E-state index is 12.2. The molecule has 0 aliphatic rings.